The summed E-state index contributed by atoms with van der Waals surface area (Å²) in [5, 5.41) is 6.38. The van der Waals surface area contributed by atoms with Crippen LogP contribution in [0.25, 0.3) is 0 Å². The molecule has 0 aromatic rings. The van der Waals surface area contributed by atoms with E-state index in [2.05, 4.69) is 29.5 Å². The molecule has 0 aromatic heterocycles. The summed E-state index contributed by atoms with van der Waals surface area (Å²) in [4.78, 5) is 4.41. The zero-order valence-corrected chi connectivity index (χ0v) is 12.3. The van der Waals surface area contributed by atoms with E-state index in [1.54, 1.807) is 7.11 Å². The summed E-state index contributed by atoms with van der Waals surface area (Å²) in [6.45, 7) is 7.52. The number of aliphatic imine (C=N–C) groups is 1. The van der Waals surface area contributed by atoms with Gasteiger partial charge in [-0.25, -0.2) is 0 Å². The maximum Gasteiger partial charge on any atom is 0.191 e. The molecule has 0 rings (SSSR count). The average molecular weight is 329 g/mol. The van der Waals surface area contributed by atoms with E-state index >= 15 is 0 Å². The molecule has 0 aromatic carbocycles. The molecule has 0 bridgehead atoms. The molecule has 15 heavy (non-hydrogen) atoms. The monoisotopic (exact) mass is 329 g/mol. The maximum absolute atomic E-state index is 4.95. The van der Waals surface area contributed by atoms with E-state index in [-0.39, 0.29) is 24.0 Å². The van der Waals surface area contributed by atoms with Gasteiger partial charge in [0.25, 0.3) is 0 Å². The topological polar surface area (TPSA) is 45.7 Å². The average Bonchev–Trinajstić information content (AvgIpc) is 2.18. The van der Waals surface area contributed by atoms with Gasteiger partial charge < -0.3 is 15.4 Å². The van der Waals surface area contributed by atoms with E-state index in [4.69, 9.17) is 4.74 Å². The Morgan fingerprint density at radius 1 is 1.27 bits per heavy atom. The third-order valence-electron chi connectivity index (χ3n) is 1.72. The molecule has 0 aliphatic heterocycles. The Hall–Kier alpha value is -0.0400. The summed E-state index contributed by atoms with van der Waals surface area (Å²) in [5.74, 6) is 0.887. The molecule has 0 unspecified atom stereocenters. The van der Waals surface area contributed by atoms with Crippen LogP contribution in [-0.4, -0.2) is 39.3 Å². The van der Waals surface area contributed by atoms with Crippen LogP contribution >= 0.6 is 24.0 Å². The van der Waals surface area contributed by atoms with Crippen LogP contribution in [0, 0.1) is 0 Å². The predicted octanol–water partition coefficient (Wildman–Crippen LogP) is 1.61. The summed E-state index contributed by atoms with van der Waals surface area (Å²) >= 11 is 0. The molecule has 0 aliphatic carbocycles. The van der Waals surface area contributed by atoms with Crippen molar-refractivity contribution in [1.82, 2.24) is 10.6 Å². The van der Waals surface area contributed by atoms with Crippen molar-refractivity contribution in [2.24, 2.45) is 4.99 Å². The highest BCUT2D eigenvalue weighted by Crippen LogP contribution is 1.86. The van der Waals surface area contributed by atoms with Crippen molar-refractivity contribution in [3.8, 4) is 0 Å². The molecule has 0 fully saturated rings. The third-order valence-corrected chi connectivity index (χ3v) is 1.72. The first-order valence-corrected chi connectivity index (χ1v) is 5.36. The Morgan fingerprint density at radius 2 is 2.00 bits per heavy atom. The molecule has 0 amide bonds. The van der Waals surface area contributed by atoms with E-state index < -0.39 is 0 Å². The molecular weight excluding hydrogens is 305 g/mol. The van der Waals surface area contributed by atoms with Crippen molar-refractivity contribution in [3.63, 3.8) is 0 Å². The lowest BCUT2D eigenvalue weighted by atomic mass is 10.3. The molecule has 0 spiro atoms. The quantitative estimate of drug-likeness (QED) is 0.323. The Balaban J connectivity index is 0. The molecular formula is C10H24IN3O. The van der Waals surface area contributed by atoms with E-state index in [1.807, 2.05) is 0 Å². The van der Waals surface area contributed by atoms with Crippen molar-refractivity contribution in [3.05, 3.63) is 0 Å². The van der Waals surface area contributed by atoms with Gasteiger partial charge in [0, 0.05) is 26.7 Å². The van der Waals surface area contributed by atoms with Crippen molar-refractivity contribution >= 4 is 29.9 Å². The van der Waals surface area contributed by atoms with Crippen LogP contribution < -0.4 is 10.6 Å². The van der Waals surface area contributed by atoms with Crippen LogP contribution in [0.4, 0.5) is 0 Å². The maximum atomic E-state index is 4.95. The van der Waals surface area contributed by atoms with Crippen molar-refractivity contribution in [2.45, 2.75) is 26.7 Å². The third kappa shape index (κ3) is 11.9. The number of methoxy groups -OCH3 is 1. The van der Waals surface area contributed by atoms with Crippen LogP contribution in [0.3, 0.4) is 0 Å². The molecule has 0 atom stereocenters. The van der Waals surface area contributed by atoms with E-state index in [0.29, 0.717) is 6.61 Å². The Labute approximate surface area is 110 Å². The first-order chi connectivity index (χ1) is 6.85. The molecule has 92 valence electrons. The number of rotatable bonds is 7. The van der Waals surface area contributed by atoms with Gasteiger partial charge in [0.2, 0.25) is 0 Å². The fourth-order valence-corrected chi connectivity index (χ4v) is 0.962. The SMILES string of the molecule is CCCCN=C(NCC)NCCOC.I. The van der Waals surface area contributed by atoms with E-state index in [0.717, 1.165) is 32.0 Å². The minimum absolute atomic E-state index is 0. The number of hydrogen-bond acceptors (Lipinski definition) is 2. The van der Waals surface area contributed by atoms with Gasteiger partial charge >= 0.3 is 0 Å². The summed E-state index contributed by atoms with van der Waals surface area (Å²) in [6.07, 6.45) is 2.32. The number of guanidine groups is 1. The highest BCUT2D eigenvalue weighted by Gasteiger charge is 1.94. The zero-order chi connectivity index (χ0) is 10.6. The Bertz CT molecular complexity index is 154. The van der Waals surface area contributed by atoms with E-state index in [1.165, 1.54) is 6.42 Å². The van der Waals surface area contributed by atoms with Gasteiger partial charge in [-0.2, -0.15) is 0 Å². The van der Waals surface area contributed by atoms with Crippen LogP contribution in [-0.2, 0) is 4.74 Å². The van der Waals surface area contributed by atoms with Crippen LogP contribution in [0.5, 0.6) is 0 Å². The molecule has 0 aliphatic rings. The van der Waals surface area contributed by atoms with Crippen LogP contribution in [0.2, 0.25) is 0 Å². The predicted molar refractivity (Wildman–Crippen MR) is 76.2 cm³/mol. The molecule has 2 N–H and O–H groups in total. The van der Waals surface area contributed by atoms with Gasteiger partial charge in [-0.3, -0.25) is 4.99 Å². The fourth-order valence-electron chi connectivity index (χ4n) is 0.962. The first-order valence-electron chi connectivity index (χ1n) is 5.36. The highest BCUT2D eigenvalue weighted by atomic mass is 127. The van der Waals surface area contributed by atoms with Gasteiger partial charge in [-0.05, 0) is 13.3 Å². The standard InChI is InChI=1S/C10H23N3O.HI/c1-4-6-7-12-10(11-5-2)13-8-9-14-3;/h4-9H2,1-3H3,(H2,11,12,13);1H. The molecule has 0 saturated heterocycles. The number of ether oxygens (including phenoxy) is 1. The van der Waals surface area contributed by atoms with Gasteiger partial charge in [-0.15, -0.1) is 24.0 Å². The number of nitrogens with one attached hydrogen (secondary N) is 2. The normalized spacial score (nSPS) is 10.7. The van der Waals surface area contributed by atoms with E-state index in [9.17, 15) is 0 Å². The molecule has 0 saturated carbocycles. The molecule has 4 nitrogen and oxygen atoms in total. The summed E-state index contributed by atoms with van der Waals surface area (Å²) < 4.78 is 4.95. The van der Waals surface area contributed by atoms with Gasteiger partial charge in [0.05, 0.1) is 6.61 Å². The lowest BCUT2D eigenvalue weighted by Crippen LogP contribution is -2.39. The Kier molecular flexibility index (Phi) is 16.2. The lowest BCUT2D eigenvalue weighted by Gasteiger charge is -2.10. The fraction of sp³-hybridized carbons (Fsp3) is 0.900. The second-order valence-corrected chi connectivity index (χ2v) is 3.03. The second-order valence-electron chi connectivity index (χ2n) is 3.03. The minimum atomic E-state index is 0. The number of halogens is 1. The van der Waals surface area contributed by atoms with Crippen molar-refractivity contribution in [2.75, 3.05) is 33.4 Å². The smallest absolute Gasteiger partial charge is 0.191 e. The van der Waals surface area contributed by atoms with Gasteiger partial charge in [0.15, 0.2) is 5.96 Å². The number of nitrogens with zero attached hydrogens (tertiary/aromatic N) is 1. The molecule has 5 heteroatoms. The highest BCUT2D eigenvalue weighted by molar-refractivity contribution is 14.0. The lowest BCUT2D eigenvalue weighted by molar-refractivity contribution is 0.203. The van der Waals surface area contributed by atoms with Crippen molar-refractivity contribution in [1.29, 1.82) is 0 Å². The van der Waals surface area contributed by atoms with Crippen LogP contribution in [0.15, 0.2) is 4.99 Å². The Morgan fingerprint density at radius 3 is 2.53 bits per heavy atom. The first kappa shape index (κ1) is 17.4. The zero-order valence-electron chi connectivity index (χ0n) is 10.0. The minimum Gasteiger partial charge on any atom is -0.383 e. The van der Waals surface area contributed by atoms with Crippen LogP contribution in [0.1, 0.15) is 26.7 Å². The molecule has 0 radical (unpaired) electrons. The number of hydrogen-bond donors (Lipinski definition) is 2. The van der Waals surface area contributed by atoms with Crippen molar-refractivity contribution < 1.29 is 4.74 Å². The second kappa shape index (κ2) is 14.0. The van der Waals surface area contributed by atoms with Gasteiger partial charge in [-0.1, -0.05) is 13.3 Å². The largest absolute Gasteiger partial charge is 0.383 e. The number of unbranched alkanes of at least 4 members (excludes halogenated alkanes) is 1. The van der Waals surface area contributed by atoms with Gasteiger partial charge in [0.1, 0.15) is 0 Å². The summed E-state index contributed by atoms with van der Waals surface area (Å²) in [7, 11) is 1.70. The summed E-state index contributed by atoms with van der Waals surface area (Å²) in [5.41, 5.74) is 0. The molecule has 0 heterocycles. The summed E-state index contributed by atoms with van der Waals surface area (Å²) in [6, 6.07) is 0.